The summed E-state index contributed by atoms with van der Waals surface area (Å²) < 4.78 is 1.65. The Hall–Kier alpha value is -3.09. The minimum absolute atomic E-state index is 0.143. The summed E-state index contributed by atoms with van der Waals surface area (Å²) in [5, 5.41) is 5.02. The standard InChI is InChI=1S/C20H14ClN3O2S/c21-12-6-1-2-7-13(12)23-20(26)16-14-8-3-4-10-24(14)18(17(16)22)19(25)15-9-5-11-27-15/h1-11H,22H2,(H,23,26). The fraction of sp³-hybridized carbons (Fsp3) is 0. The first-order valence-corrected chi connectivity index (χ1v) is 9.36. The minimum Gasteiger partial charge on any atom is -0.396 e. The molecule has 3 heterocycles. The number of benzene rings is 1. The van der Waals surface area contributed by atoms with E-state index in [1.165, 1.54) is 11.3 Å². The molecule has 0 bridgehead atoms. The predicted molar refractivity (Wildman–Crippen MR) is 109 cm³/mol. The van der Waals surface area contributed by atoms with E-state index in [4.69, 9.17) is 17.3 Å². The molecule has 134 valence electrons. The van der Waals surface area contributed by atoms with Crippen molar-refractivity contribution in [3.8, 4) is 0 Å². The summed E-state index contributed by atoms with van der Waals surface area (Å²) in [5.74, 6) is -0.643. The average Bonchev–Trinajstić information content (AvgIpc) is 3.29. The van der Waals surface area contributed by atoms with E-state index < -0.39 is 5.91 Å². The van der Waals surface area contributed by atoms with Gasteiger partial charge in [-0.15, -0.1) is 11.3 Å². The lowest BCUT2D eigenvalue weighted by molar-refractivity contribution is 0.102. The number of nitrogen functional groups attached to an aromatic ring is 1. The molecule has 1 aromatic carbocycles. The molecule has 0 saturated heterocycles. The van der Waals surface area contributed by atoms with Gasteiger partial charge in [-0.05, 0) is 35.7 Å². The number of amides is 1. The zero-order chi connectivity index (χ0) is 19.0. The molecule has 0 atom stereocenters. The molecule has 5 nitrogen and oxygen atoms in total. The zero-order valence-electron chi connectivity index (χ0n) is 14.0. The van der Waals surface area contributed by atoms with Crippen molar-refractivity contribution in [2.45, 2.75) is 0 Å². The highest BCUT2D eigenvalue weighted by atomic mass is 35.5. The number of carbonyl (C=O) groups is 2. The van der Waals surface area contributed by atoms with E-state index >= 15 is 0 Å². The number of fused-ring (bicyclic) bond motifs is 1. The van der Waals surface area contributed by atoms with Crippen molar-refractivity contribution in [3.05, 3.63) is 87.3 Å². The summed E-state index contributed by atoms with van der Waals surface area (Å²) in [6, 6.07) is 15.8. The van der Waals surface area contributed by atoms with Crippen LogP contribution in [0.25, 0.3) is 5.52 Å². The Morgan fingerprint density at radius 2 is 1.81 bits per heavy atom. The van der Waals surface area contributed by atoms with E-state index in [0.717, 1.165) is 0 Å². The lowest BCUT2D eigenvalue weighted by Crippen LogP contribution is -2.14. The summed E-state index contributed by atoms with van der Waals surface area (Å²) in [6.45, 7) is 0. The molecule has 0 fully saturated rings. The predicted octanol–water partition coefficient (Wildman–Crippen LogP) is 4.72. The highest BCUT2D eigenvalue weighted by Gasteiger charge is 2.26. The van der Waals surface area contributed by atoms with Gasteiger partial charge in [0.25, 0.3) is 5.91 Å². The van der Waals surface area contributed by atoms with Crippen molar-refractivity contribution < 1.29 is 9.59 Å². The second-order valence-electron chi connectivity index (χ2n) is 5.83. The van der Waals surface area contributed by atoms with E-state index in [2.05, 4.69) is 5.32 Å². The molecule has 0 unspecified atom stereocenters. The number of para-hydroxylation sites is 1. The van der Waals surface area contributed by atoms with Crippen LogP contribution in [0.5, 0.6) is 0 Å². The summed E-state index contributed by atoms with van der Waals surface area (Å²) >= 11 is 7.46. The van der Waals surface area contributed by atoms with E-state index in [1.54, 1.807) is 65.2 Å². The van der Waals surface area contributed by atoms with Crippen LogP contribution in [0, 0.1) is 0 Å². The maximum atomic E-state index is 13.0. The van der Waals surface area contributed by atoms with Crippen LogP contribution in [-0.2, 0) is 0 Å². The molecule has 1 amide bonds. The summed E-state index contributed by atoms with van der Waals surface area (Å²) in [6.07, 6.45) is 1.72. The van der Waals surface area contributed by atoms with Crippen molar-refractivity contribution in [1.82, 2.24) is 4.40 Å². The maximum absolute atomic E-state index is 13.0. The Morgan fingerprint density at radius 3 is 2.56 bits per heavy atom. The van der Waals surface area contributed by atoms with Crippen molar-refractivity contribution in [2.24, 2.45) is 0 Å². The second-order valence-corrected chi connectivity index (χ2v) is 7.19. The molecule has 0 aliphatic heterocycles. The molecule has 3 aromatic heterocycles. The quantitative estimate of drug-likeness (QED) is 0.491. The Bertz CT molecular complexity index is 1170. The van der Waals surface area contributed by atoms with Gasteiger partial charge in [-0.3, -0.25) is 9.59 Å². The van der Waals surface area contributed by atoms with E-state index in [1.807, 2.05) is 5.38 Å². The van der Waals surface area contributed by atoms with E-state index in [0.29, 0.717) is 21.1 Å². The molecule has 4 aromatic rings. The first-order chi connectivity index (χ1) is 13.1. The molecule has 0 aliphatic rings. The normalized spacial score (nSPS) is 10.9. The summed E-state index contributed by atoms with van der Waals surface area (Å²) in [7, 11) is 0. The van der Waals surface area contributed by atoms with Crippen molar-refractivity contribution in [2.75, 3.05) is 11.1 Å². The van der Waals surface area contributed by atoms with Crippen molar-refractivity contribution in [3.63, 3.8) is 0 Å². The Morgan fingerprint density at radius 1 is 1.04 bits per heavy atom. The maximum Gasteiger partial charge on any atom is 0.260 e. The molecule has 7 heteroatoms. The Kier molecular flexibility index (Phi) is 4.43. The largest absolute Gasteiger partial charge is 0.396 e. The molecule has 0 radical (unpaired) electrons. The number of carbonyl (C=O) groups excluding carboxylic acids is 2. The smallest absolute Gasteiger partial charge is 0.260 e. The number of nitrogens with zero attached hydrogens (tertiary/aromatic N) is 1. The van der Waals surface area contributed by atoms with Gasteiger partial charge in [-0.2, -0.15) is 0 Å². The van der Waals surface area contributed by atoms with Gasteiger partial charge in [0.15, 0.2) is 0 Å². The number of nitrogens with one attached hydrogen (secondary N) is 1. The lowest BCUT2D eigenvalue weighted by atomic mass is 10.1. The van der Waals surface area contributed by atoms with Gasteiger partial charge in [0, 0.05) is 6.20 Å². The molecule has 3 N–H and O–H groups in total. The van der Waals surface area contributed by atoms with Crippen LogP contribution in [-0.4, -0.2) is 16.1 Å². The SMILES string of the molecule is Nc1c(C(=O)Nc2ccccc2Cl)c2ccccn2c1C(=O)c1cccs1. The number of nitrogens with two attached hydrogens (primary N) is 1. The number of hydrogen-bond donors (Lipinski definition) is 2. The number of anilines is 2. The minimum atomic E-state index is -0.422. The number of aromatic nitrogens is 1. The van der Waals surface area contributed by atoms with Crippen LogP contribution in [0.4, 0.5) is 11.4 Å². The Balaban J connectivity index is 1.84. The fourth-order valence-electron chi connectivity index (χ4n) is 2.97. The zero-order valence-corrected chi connectivity index (χ0v) is 15.6. The second kappa shape index (κ2) is 6.90. The van der Waals surface area contributed by atoms with Crippen LogP contribution >= 0.6 is 22.9 Å². The third-order valence-corrected chi connectivity index (χ3v) is 5.39. The highest BCUT2D eigenvalue weighted by molar-refractivity contribution is 7.12. The molecule has 0 spiro atoms. The first kappa shape index (κ1) is 17.3. The fourth-order valence-corrected chi connectivity index (χ4v) is 3.82. The lowest BCUT2D eigenvalue weighted by Gasteiger charge is -2.07. The van der Waals surface area contributed by atoms with Crippen LogP contribution in [0.1, 0.15) is 25.7 Å². The number of halogens is 1. The topological polar surface area (TPSA) is 76.6 Å². The Labute approximate surface area is 164 Å². The van der Waals surface area contributed by atoms with Gasteiger partial charge < -0.3 is 15.5 Å². The number of thiophene rings is 1. The van der Waals surface area contributed by atoms with Gasteiger partial charge in [0.05, 0.1) is 32.4 Å². The number of rotatable bonds is 4. The van der Waals surface area contributed by atoms with Crippen LogP contribution < -0.4 is 11.1 Å². The molecule has 0 saturated carbocycles. The molecular formula is C20H14ClN3O2S. The third kappa shape index (κ3) is 2.99. The van der Waals surface area contributed by atoms with Crippen molar-refractivity contribution >= 4 is 51.5 Å². The molecular weight excluding hydrogens is 382 g/mol. The van der Waals surface area contributed by atoms with Gasteiger partial charge in [-0.25, -0.2) is 0 Å². The van der Waals surface area contributed by atoms with Gasteiger partial charge in [0.2, 0.25) is 5.78 Å². The molecule has 27 heavy (non-hydrogen) atoms. The van der Waals surface area contributed by atoms with Crippen molar-refractivity contribution in [1.29, 1.82) is 0 Å². The number of ketones is 1. The van der Waals surface area contributed by atoms with Crippen LogP contribution in [0.15, 0.2) is 66.2 Å². The number of pyridine rings is 1. The highest BCUT2D eigenvalue weighted by Crippen LogP contribution is 2.31. The van der Waals surface area contributed by atoms with Gasteiger partial charge in [0.1, 0.15) is 5.69 Å². The number of hydrogen-bond acceptors (Lipinski definition) is 4. The summed E-state index contributed by atoms with van der Waals surface area (Å²) in [5.41, 5.74) is 7.98. The van der Waals surface area contributed by atoms with Gasteiger partial charge >= 0.3 is 0 Å². The van der Waals surface area contributed by atoms with E-state index in [-0.39, 0.29) is 22.7 Å². The van der Waals surface area contributed by atoms with Crippen LogP contribution in [0.2, 0.25) is 5.02 Å². The molecule has 0 aliphatic carbocycles. The van der Waals surface area contributed by atoms with Gasteiger partial charge in [-0.1, -0.05) is 35.9 Å². The average molecular weight is 396 g/mol. The third-order valence-electron chi connectivity index (χ3n) is 4.19. The molecule has 4 rings (SSSR count). The summed E-state index contributed by atoms with van der Waals surface area (Å²) in [4.78, 5) is 26.5. The van der Waals surface area contributed by atoms with E-state index in [9.17, 15) is 9.59 Å². The first-order valence-electron chi connectivity index (χ1n) is 8.10. The monoisotopic (exact) mass is 395 g/mol. The van der Waals surface area contributed by atoms with Crippen LogP contribution in [0.3, 0.4) is 0 Å².